The summed E-state index contributed by atoms with van der Waals surface area (Å²) in [6, 6.07) is 14.9. The zero-order valence-corrected chi connectivity index (χ0v) is 21.1. The number of carbonyl (C=O) groups is 4. The van der Waals surface area contributed by atoms with Crippen molar-refractivity contribution in [2.24, 2.45) is 11.8 Å². The van der Waals surface area contributed by atoms with Crippen molar-refractivity contribution < 1.29 is 33.8 Å². The quantitative estimate of drug-likeness (QED) is 0.425. The molecule has 0 bridgehead atoms. The summed E-state index contributed by atoms with van der Waals surface area (Å²) < 4.78 is 10.6. The molecule has 0 saturated carbocycles. The van der Waals surface area contributed by atoms with Crippen LogP contribution in [0.5, 0.6) is 0 Å². The zero-order chi connectivity index (χ0) is 26.5. The predicted octanol–water partition coefficient (Wildman–Crippen LogP) is 4.46. The third kappa shape index (κ3) is 6.30. The van der Waals surface area contributed by atoms with E-state index in [4.69, 9.17) is 9.47 Å². The highest BCUT2D eigenvalue weighted by Crippen LogP contribution is 2.36. The summed E-state index contributed by atoms with van der Waals surface area (Å²) in [5, 5.41) is 9.58. The molecular formula is C28H33NO7. The van der Waals surface area contributed by atoms with Crippen LogP contribution >= 0.6 is 0 Å². The second-order valence-electron chi connectivity index (χ2n) is 9.95. The summed E-state index contributed by atoms with van der Waals surface area (Å²) in [7, 11) is 0. The van der Waals surface area contributed by atoms with Gasteiger partial charge in [0.15, 0.2) is 5.78 Å². The Labute approximate surface area is 211 Å². The Bertz CT molecular complexity index is 1090. The molecule has 1 heterocycles. The van der Waals surface area contributed by atoms with Gasteiger partial charge in [-0.2, -0.15) is 0 Å². The first-order valence-corrected chi connectivity index (χ1v) is 12.0. The van der Waals surface area contributed by atoms with Crippen LogP contribution in [0.4, 0.5) is 4.79 Å². The lowest BCUT2D eigenvalue weighted by Gasteiger charge is -2.25. The van der Waals surface area contributed by atoms with Gasteiger partial charge >= 0.3 is 18.0 Å². The largest absolute Gasteiger partial charge is 0.481 e. The van der Waals surface area contributed by atoms with Crippen LogP contribution in [-0.2, 0) is 31.1 Å². The van der Waals surface area contributed by atoms with Gasteiger partial charge in [-0.1, -0.05) is 75.4 Å². The van der Waals surface area contributed by atoms with E-state index in [-0.39, 0.29) is 31.0 Å². The van der Waals surface area contributed by atoms with Crippen molar-refractivity contribution in [2.45, 2.75) is 52.2 Å². The summed E-state index contributed by atoms with van der Waals surface area (Å²) in [5.41, 5.74) is 2.09. The van der Waals surface area contributed by atoms with E-state index in [9.17, 15) is 24.3 Å². The fourth-order valence-corrected chi connectivity index (χ4v) is 4.51. The summed E-state index contributed by atoms with van der Waals surface area (Å²) in [6.07, 6.45) is -1.27. The highest BCUT2D eigenvalue weighted by Gasteiger charge is 2.52. The summed E-state index contributed by atoms with van der Waals surface area (Å²) in [6.45, 7) is 7.69. The molecule has 8 heteroatoms. The molecule has 0 aromatic heterocycles. The first-order valence-electron chi connectivity index (χ1n) is 12.0. The van der Waals surface area contributed by atoms with E-state index in [1.807, 2.05) is 30.3 Å². The van der Waals surface area contributed by atoms with Crippen LogP contribution in [0.3, 0.4) is 0 Å². The van der Waals surface area contributed by atoms with Crippen LogP contribution in [0.15, 0.2) is 54.6 Å². The van der Waals surface area contributed by atoms with E-state index in [1.54, 1.807) is 31.2 Å². The number of ketones is 1. The molecule has 3 atom stereocenters. The third-order valence-electron chi connectivity index (χ3n) is 6.40. The lowest BCUT2D eigenvalue weighted by Crippen LogP contribution is -2.45. The van der Waals surface area contributed by atoms with Crippen molar-refractivity contribution in [3.63, 3.8) is 0 Å². The van der Waals surface area contributed by atoms with E-state index >= 15 is 0 Å². The van der Waals surface area contributed by atoms with Crippen molar-refractivity contribution in [3.8, 4) is 0 Å². The second-order valence-corrected chi connectivity index (χ2v) is 9.95. The second kappa shape index (κ2) is 11.4. The number of amides is 1. The van der Waals surface area contributed by atoms with Gasteiger partial charge in [0.1, 0.15) is 12.6 Å². The molecule has 192 valence electrons. The summed E-state index contributed by atoms with van der Waals surface area (Å²) in [4.78, 5) is 52.4. The number of aliphatic carboxylic acids is 1. The van der Waals surface area contributed by atoms with Crippen LogP contribution in [0.25, 0.3) is 0 Å². The number of esters is 1. The minimum atomic E-state index is -1.24. The van der Waals surface area contributed by atoms with Crippen molar-refractivity contribution in [1.29, 1.82) is 0 Å². The van der Waals surface area contributed by atoms with E-state index in [0.29, 0.717) is 5.56 Å². The van der Waals surface area contributed by atoms with Gasteiger partial charge < -0.3 is 14.6 Å². The van der Waals surface area contributed by atoms with Gasteiger partial charge in [0.2, 0.25) is 0 Å². The number of likely N-dealkylation sites (tertiary alicyclic amines) is 1. The molecule has 3 rings (SSSR count). The van der Waals surface area contributed by atoms with Crippen molar-refractivity contribution >= 4 is 23.8 Å². The normalized spacial score (nSPS) is 19.6. The van der Waals surface area contributed by atoms with Crippen molar-refractivity contribution in [1.82, 2.24) is 4.90 Å². The molecule has 1 aliphatic heterocycles. The highest BCUT2D eigenvalue weighted by molar-refractivity contribution is 6.00. The number of ether oxygens (including phenoxy) is 2. The topological polar surface area (TPSA) is 110 Å². The predicted molar refractivity (Wildman–Crippen MR) is 132 cm³/mol. The Hall–Kier alpha value is -3.68. The summed E-state index contributed by atoms with van der Waals surface area (Å²) >= 11 is 0. The molecule has 0 unspecified atom stereocenters. The summed E-state index contributed by atoms with van der Waals surface area (Å²) in [5.74, 6) is -4.11. The molecule has 8 nitrogen and oxygen atoms in total. The SMILES string of the molecule is CCOC(=O)[C@@H]1[C@@H](CC(=O)O)[C@@H](C(=O)c2ccc(C(C)(C)C)cc2)CN1C(=O)OCc1ccccc1. The molecular weight excluding hydrogens is 462 g/mol. The fraction of sp³-hybridized carbons (Fsp3) is 0.429. The number of hydrogen-bond acceptors (Lipinski definition) is 6. The van der Waals surface area contributed by atoms with E-state index in [1.165, 1.54) is 0 Å². The molecule has 0 aliphatic carbocycles. The van der Waals surface area contributed by atoms with E-state index in [0.717, 1.165) is 16.0 Å². The van der Waals surface area contributed by atoms with Gasteiger partial charge in [0.25, 0.3) is 0 Å². The maximum Gasteiger partial charge on any atom is 0.410 e. The Morgan fingerprint density at radius 3 is 2.17 bits per heavy atom. The van der Waals surface area contributed by atoms with Gasteiger partial charge in [0, 0.05) is 23.9 Å². The first-order chi connectivity index (χ1) is 17.0. The molecule has 1 N–H and O–H groups in total. The molecule has 1 fully saturated rings. The smallest absolute Gasteiger partial charge is 0.410 e. The maximum atomic E-state index is 13.5. The molecule has 1 saturated heterocycles. The van der Waals surface area contributed by atoms with Crippen LogP contribution in [0.2, 0.25) is 0 Å². The average Bonchev–Trinajstić information content (AvgIpc) is 3.21. The molecule has 36 heavy (non-hydrogen) atoms. The number of Topliss-reactive ketones (excluding diaryl/α,β-unsaturated/α-hetero) is 1. The first kappa shape index (κ1) is 26.9. The number of carboxylic acid groups (broad SMARTS) is 1. The zero-order valence-electron chi connectivity index (χ0n) is 21.1. The minimum absolute atomic E-state index is 0.0256. The molecule has 0 radical (unpaired) electrons. The van der Waals surface area contributed by atoms with Crippen LogP contribution in [-0.4, -0.2) is 53.0 Å². The van der Waals surface area contributed by atoms with Gasteiger partial charge in [-0.05, 0) is 23.5 Å². The van der Waals surface area contributed by atoms with E-state index < -0.39 is 42.3 Å². The Morgan fingerprint density at radius 1 is 0.972 bits per heavy atom. The van der Waals surface area contributed by atoms with Crippen LogP contribution in [0, 0.1) is 11.8 Å². The third-order valence-corrected chi connectivity index (χ3v) is 6.40. The Kier molecular flexibility index (Phi) is 8.50. The van der Waals surface area contributed by atoms with Crippen molar-refractivity contribution in [3.05, 3.63) is 71.3 Å². The Balaban J connectivity index is 1.90. The molecule has 2 aromatic carbocycles. The standard InChI is InChI=1S/C28H33NO7/c1-5-35-26(33)24-21(15-23(30)31)22(25(32)19-11-13-20(14-12-19)28(2,3)4)16-29(24)27(34)36-17-18-9-7-6-8-10-18/h6-14,21-22,24H,5,15-17H2,1-4H3,(H,30,31)/t21-,22-,24-/m0/s1. The van der Waals surface area contributed by atoms with E-state index in [2.05, 4.69) is 20.8 Å². The lowest BCUT2D eigenvalue weighted by molar-refractivity contribution is -0.150. The van der Waals surface area contributed by atoms with Gasteiger partial charge in [-0.25, -0.2) is 9.59 Å². The van der Waals surface area contributed by atoms with Gasteiger partial charge in [0.05, 0.1) is 13.0 Å². The van der Waals surface area contributed by atoms with Gasteiger partial charge in [-0.15, -0.1) is 0 Å². The van der Waals surface area contributed by atoms with Gasteiger partial charge in [-0.3, -0.25) is 14.5 Å². The fourth-order valence-electron chi connectivity index (χ4n) is 4.51. The lowest BCUT2D eigenvalue weighted by atomic mass is 9.81. The number of nitrogens with zero attached hydrogens (tertiary/aromatic N) is 1. The van der Waals surface area contributed by atoms with Crippen LogP contribution in [0.1, 0.15) is 55.6 Å². The maximum absolute atomic E-state index is 13.5. The highest BCUT2D eigenvalue weighted by atomic mass is 16.6. The molecule has 1 amide bonds. The number of hydrogen-bond donors (Lipinski definition) is 1. The molecule has 1 aliphatic rings. The number of benzene rings is 2. The molecule has 2 aromatic rings. The monoisotopic (exact) mass is 495 g/mol. The minimum Gasteiger partial charge on any atom is -0.481 e. The average molecular weight is 496 g/mol. The van der Waals surface area contributed by atoms with Crippen molar-refractivity contribution in [2.75, 3.05) is 13.2 Å². The number of carboxylic acids is 1. The number of carbonyl (C=O) groups excluding carboxylic acids is 3. The Morgan fingerprint density at radius 2 is 1.61 bits per heavy atom. The van der Waals surface area contributed by atoms with Crippen LogP contribution < -0.4 is 0 Å². The number of rotatable bonds is 8. The molecule has 0 spiro atoms.